The number of anilines is 1. The number of nitrogens with two attached hydrogens (primary N) is 1. The summed E-state index contributed by atoms with van der Waals surface area (Å²) in [6.07, 6.45) is 1.98. The number of aromatic nitrogens is 2. The summed E-state index contributed by atoms with van der Waals surface area (Å²) in [6.45, 7) is 0. The fourth-order valence-corrected chi connectivity index (χ4v) is 1.69. The fraction of sp³-hybridized carbons (Fsp3) is 0.0909. The first-order valence-corrected chi connectivity index (χ1v) is 5.54. The molecule has 0 aliphatic heterocycles. The smallest absolute Gasteiger partial charge is 0.129 e. The highest BCUT2D eigenvalue weighted by Crippen LogP contribution is 2.27. The zero-order valence-corrected chi connectivity index (χ0v) is 10.2. The van der Waals surface area contributed by atoms with E-state index in [1.165, 1.54) is 12.4 Å². The van der Waals surface area contributed by atoms with Crippen molar-refractivity contribution in [2.24, 2.45) is 0 Å². The van der Waals surface area contributed by atoms with Gasteiger partial charge in [-0.3, -0.25) is 0 Å². The van der Waals surface area contributed by atoms with Crippen LogP contribution in [0.25, 0.3) is 0 Å². The lowest BCUT2D eigenvalue weighted by Gasteiger charge is -2.13. The Morgan fingerprint density at radius 3 is 2.59 bits per heavy atom. The molecule has 0 radical (unpaired) electrons. The second kappa shape index (κ2) is 4.87. The Kier molecular flexibility index (Phi) is 3.47. The van der Waals surface area contributed by atoms with Gasteiger partial charge in [-0.15, -0.1) is 0 Å². The number of rotatable bonds is 2. The number of pyridine rings is 2. The van der Waals surface area contributed by atoms with Gasteiger partial charge in [0.05, 0.1) is 5.02 Å². The van der Waals surface area contributed by atoms with E-state index in [1.54, 1.807) is 18.2 Å². The van der Waals surface area contributed by atoms with Crippen LogP contribution in [0.5, 0.6) is 0 Å². The van der Waals surface area contributed by atoms with E-state index in [9.17, 15) is 5.11 Å². The van der Waals surface area contributed by atoms with Crippen molar-refractivity contribution < 1.29 is 5.11 Å². The van der Waals surface area contributed by atoms with Gasteiger partial charge in [0.1, 0.15) is 17.1 Å². The van der Waals surface area contributed by atoms with Gasteiger partial charge in [-0.1, -0.05) is 29.3 Å². The van der Waals surface area contributed by atoms with Gasteiger partial charge in [-0.05, 0) is 12.1 Å². The zero-order chi connectivity index (χ0) is 12.4. The maximum atomic E-state index is 10.1. The molecule has 1 atom stereocenters. The molecule has 2 aromatic rings. The first-order valence-electron chi connectivity index (χ1n) is 4.78. The van der Waals surface area contributed by atoms with E-state index >= 15 is 0 Å². The van der Waals surface area contributed by atoms with Gasteiger partial charge in [-0.25, -0.2) is 9.97 Å². The molecule has 0 amide bonds. The van der Waals surface area contributed by atoms with E-state index < -0.39 is 6.10 Å². The normalized spacial score (nSPS) is 12.4. The molecule has 2 heterocycles. The summed E-state index contributed by atoms with van der Waals surface area (Å²) in [5, 5.41) is 10.9. The van der Waals surface area contributed by atoms with Crippen molar-refractivity contribution in [2.75, 3.05) is 5.73 Å². The van der Waals surface area contributed by atoms with Crippen LogP contribution >= 0.6 is 23.2 Å². The molecule has 6 heteroatoms. The van der Waals surface area contributed by atoms with Crippen LogP contribution in [0.1, 0.15) is 17.2 Å². The van der Waals surface area contributed by atoms with Gasteiger partial charge in [0.15, 0.2) is 0 Å². The van der Waals surface area contributed by atoms with E-state index in [1.807, 2.05) is 0 Å². The maximum absolute atomic E-state index is 10.1. The largest absolute Gasteiger partial charge is 0.383 e. The van der Waals surface area contributed by atoms with Crippen molar-refractivity contribution >= 4 is 29.0 Å². The number of aliphatic hydroxyl groups excluding tert-OH is 1. The minimum atomic E-state index is -0.925. The molecule has 1 unspecified atom stereocenters. The van der Waals surface area contributed by atoms with Crippen molar-refractivity contribution in [2.45, 2.75) is 6.10 Å². The minimum Gasteiger partial charge on any atom is -0.383 e. The molecule has 0 aromatic carbocycles. The number of aliphatic hydroxyl groups is 1. The van der Waals surface area contributed by atoms with Gasteiger partial charge in [-0.2, -0.15) is 0 Å². The van der Waals surface area contributed by atoms with Gasteiger partial charge in [0.25, 0.3) is 0 Å². The first-order chi connectivity index (χ1) is 8.08. The van der Waals surface area contributed by atoms with Crippen LogP contribution in [0.2, 0.25) is 10.2 Å². The predicted octanol–water partition coefficient (Wildman–Crippen LogP) is 2.45. The summed E-state index contributed by atoms with van der Waals surface area (Å²) in [6, 6.07) is 4.83. The summed E-state index contributed by atoms with van der Waals surface area (Å²) in [4.78, 5) is 7.77. The molecular weight excluding hydrogens is 261 g/mol. The van der Waals surface area contributed by atoms with E-state index in [4.69, 9.17) is 28.9 Å². The lowest BCUT2D eigenvalue weighted by Crippen LogP contribution is -2.05. The lowest BCUT2D eigenvalue weighted by molar-refractivity contribution is 0.220. The Bertz CT molecular complexity index is 531. The van der Waals surface area contributed by atoms with Crippen molar-refractivity contribution in [1.82, 2.24) is 9.97 Å². The number of halogens is 2. The molecule has 0 saturated heterocycles. The molecule has 0 bridgehead atoms. The number of nitrogens with zero attached hydrogens (tertiary/aromatic N) is 2. The fourth-order valence-electron chi connectivity index (χ4n) is 1.41. The highest BCUT2D eigenvalue weighted by molar-refractivity contribution is 6.30. The molecular formula is C11H9Cl2N3O. The molecule has 0 fully saturated rings. The van der Waals surface area contributed by atoms with Crippen molar-refractivity contribution in [3.63, 3.8) is 0 Å². The van der Waals surface area contributed by atoms with Crippen LogP contribution in [0, 0.1) is 0 Å². The van der Waals surface area contributed by atoms with Gasteiger partial charge in [0.2, 0.25) is 0 Å². The summed E-state index contributed by atoms with van der Waals surface area (Å²) in [7, 11) is 0. The Morgan fingerprint density at radius 1 is 1.18 bits per heavy atom. The van der Waals surface area contributed by atoms with Crippen molar-refractivity contribution in [3.05, 3.63) is 51.9 Å². The molecule has 0 saturated carbocycles. The molecule has 0 spiro atoms. The Hall–Kier alpha value is -1.36. The highest BCUT2D eigenvalue weighted by Gasteiger charge is 2.15. The van der Waals surface area contributed by atoms with Crippen LogP contribution in [-0.2, 0) is 0 Å². The summed E-state index contributed by atoms with van der Waals surface area (Å²) in [5.74, 6) is 0.233. The lowest BCUT2D eigenvalue weighted by atomic mass is 10.0. The molecule has 0 aliphatic rings. The Balaban J connectivity index is 2.39. The third-order valence-electron chi connectivity index (χ3n) is 2.28. The van der Waals surface area contributed by atoms with Gasteiger partial charge in [0, 0.05) is 23.5 Å². The second-order valence-electron chi connectivity index (χ2n) is 3.44. The molecule has 2 aromatic heterocycles. The second-order valence-corrected chi connectivity index (χ2v) is 4.27. The average molecular weight is 270 g/mol. The van der Waals surface area contributed by atoms with Gasteiger partial charge < -0.3 is 10.8 Å². The SMILES string of the molecule is Nc1ncc(Cl)cc1C(O)c1ccc(Cl)nc1. The topological polar surface area (TPSA) is 72.0 Å². The minimum absolute atomic E-state index is 0.233. The van der Waals surface area contributed by atoms with Gasteiger partial charge >= 0.3 is 0 Å². The zero-order valence-electron chi connectivity index (χ0n) is 8.64. The first kappa shape index (κ1) is 12.1. The number of nitrogen functional groups attached to an aromatic ring is 1. The third kappa shape index (κ3) is 2.66. The standard InChI is InChI=1S/C11H9Cl2N3O/c12-7-3-8(11(14)16-5-7)10(17)6-1-2-9(13)15-4-6/h1-5,10,17H,(H2,14,16). The van der Waals surface area contributed by atoms with E-state index in [0.29, 0.717) is 21.3 Å². The van der Waals surface area contributed by atoms with Crippen LogP contribution in [0.3, 0.4) is 0 Å². The summed E-state index contributed by atoms with van der Waals surface area (Å²) >= 11 is 11.5. The summed E-state index contributed by atoms with van der Waals surface area (Å²) in [5.41, 5.74) is 6.70. The quantitative estimate of drug-likeness (QED) is 0.822. The van der Waals surface area contributed by atoms with Crippen molar-refractivity contribution in [1.29, 1.82) is 0 Å². The van der Waals surface area contributed by atoms with Crippen LogP contribution in [0.4, 0.5) is 5.82 Å². The van der Waals surface area contributed by atoms with Crippen molar-refractivity contribution in [3.8, 4) is 0 Å². The molecule has 4 nitrogen and oxygen atoms in total. The Labute approximate surface area is 108 Å². The molecule has 17 heavy (non-hydrogen) atoms. The molecule has 88 valence electrons. The number of hydrogen-bond acceptors (Lipinski definition) is 4. The van der Waals surface area contributed by atoms with E-state index in [0.717, 1.165) is 0 Å². The molecule has 3 N–H and O–H groups in total. The van der Waals surface area contributed by atoms with Crippen LogP contribution < -0.4 is 5.73 Å². The van der Waals surface area contributed by atoms with E-state index in [-0.39, 0.29) is 5.82 Å². The molecule has 2 rings (SSSR count). The Morgan fingerprint density at radius 2 is 1.94 bits per heavy atom. The van der Waals surface area contributed by atoms with Crippen LogP contribution in [0.15, 0.2) is 30.6 Å². The molecule has 0 aliphatic carbocycles. The highest BCUT2D eigenvalue weighted by atomic mass is 35.5. The predicted molar refractivity (Wildman–Crippen MR) is 67.0 cm³/mol. The third-order valence-corrected chi connectivity index (χ3v) is 2.71. The average Bonchev–Trinajstić information content (AvgIpc) is 2.32. The summed E-state index contributed by atoms with van der Waals surface area (Å²) < 4.78 is 0. The van der Waals surface area contributed by atoms with E-state index in [2.05, 4.69) is 9.97 Å². The maximum Gasteiger partial charge on any atom is 0.129 e. The number of hydrogen-bond donors (Lipinski definition) is 2. The monoisotopic (exact) mass is 269 g/mol. The van der Waals surface area contributed by atoms with Crippen LogP contribution in [-0.4, -0.2) is 15.1 Å².